The molecule has 2 rings (SSSR count). The number of hydrogen-bond donors (Lipinski definition) is 1. The van der Waals surface area contributed by atoms with Crippen molar-refractivity contribution in [2.24, 2.45) is 0 Å². The lowest BCUT2D eigenvalue weighted by Crippen LogP contribution is -2.46. The second kappa shape index (κ2) is 4.34. The number of pyridine rings is 1. The third-order valence-corrected chi connectivity index (χ3v) is 3.52. The highest BCUT2D eigenvalue weighted by Gasteiger charge is 2.29. The lowest BCUT2D eigenvalue weighted by atomic mass is 9.95. The maximum atomic E-state index is 10.1. The summed E-state index contributed by atoms with van der Waals surface area (Å²) in [7, 11) is 0. The van der Waals surface area contributed by atoms with Crippen LogP contribution in [-0.2, 0) is 0 Å². The second-order valence-corrected chi connectivity index (χ2v) is 5.69. The number of aromatic nitrogens is 1. The Hall–Kier alpha value is -0.610. The minimum absolute atomic E-state index is 0.593. The Bertz CT molecular complexity index is 393. The summed E-state index contributed by atoms with van der Waals surface area (Å²) in [6, 6.07) is 2.06. The molecule has 1 N–H and O–H groups in total. The molecule has 1 unspecified atom stereocenters. The molecule has 3 nitrogen and oxygen atoms in total. The van der Waals surface area contributed by atoms with E-state index in [4.69, 9.17) is 0 Å². The van der Waals surface area contributed by atoms with Gasteiger partial charge in [-0.25, -0.2) is 4.98 Å². The van der Waals surface area contributed by atoms with Gasteiger partial charge in [0, 0.05) is 19.3 Å². The SMILES string of the molecule is Cc1cnc(N2CCCC(C)(O)C2)c(Br)c1. The molecule has 1 atom stereocenters. The Balaban J connectivity index is 2.23. The van der Waals surface area contributed by atoms with Crippen molar-refractivity contribution in [1.82, 2.24) is 4.98 Å². The summed E-state index contributed by atoms with van der Waals surface area (Å²) in [6.45, 7) is 5.53. The summed E-state index contributed by atoms with van der Waals surface area (Å²) in [4.78, 5) is 6.58. The van der Waals surface area contributed by atoms with Gasteiger partial charge in [0.1, 0.15) is 5.82 Å². The molecule has 0 aromatic carbocycles. The minimum Gasteiger partial charge on any atom is -0.388 e. The highest BCUT2D eigenvalue weighted by Crippen LogP contribution is 2.29. The van der Waals surface area contributed by atoms with Crippen LogP contribution in [0.15, 0.2) is 16.7 Å². The third kappa shape index (κ3) is 2.55. The van der Waals surface area contributed by atoms with Gasteiger partial charge < -0.3 is 10.0 Å². The molecule has 1 aliphatic rings. The molecule has 1 aromatic heterocycles. The standard InChI is InChI=1S/C12H17BrN2O/c1-9-6-10(13)11(14-7-9)15-5-3-4-12(2,16)8-15/h6-7,16H,3-5,8H2,1-2H3. The highest BCUT2D eigenvalue weighted by atomic mass is 79.9. The van der Waals surface area contributed by atoms with Crippen LogP contribution in [0.2, 0.25) is 0 Å². The minimum atomic E-state index is -0.593. The van der Waals surface area contributed by atoms with Crippen LogP contribution >= 0.6 is 15.9 Å². The van der Waals surface area contributed by atoms with Crippen LogP contribution < -0.4 is 4.90 Å². The van der Waals surface area contributed by atoms with Gasteiger partial charge in [-0.3, -0.25) is 0 Å². The van der Waals surface area contributed by atoms with E-state index in [9.17, 15) is 5.11 Å². The summed E-state index contributed by atoms with van der Waals surface area (Å²) in [5.74, 6) is 0.936. The Morgan fingerprint density at radius 1 is 1.56 bits per heavy atom. The largest absolute Gasteiger partial charge is 0.388 e. The Morgan fingerprint density at radius 3 is 2.94 bits per heavy atom. The summed E-state index contributed by atoms with van der Waals surface area (Å²) in [5.41, 5.74) is 0.545. The molecule has 0 radical (unpaired) electrons. The molecule has 1 aliphatic heterocycles. The normalized spacial score (nSPS) is 25.9. The maximum Gasteiger partial charge on any atom is 0.142 e. The van der Waals surface area contributed by atoms with Crippen LogP contribution in [-0.4, -0.2) is 28.8 Å². The van der Waals surface area contributed by atoms with Crippen molar-refractivity contribution < 1.29 is 5.11 Å². The van der Waals surface area contributed by atoms with Gasteiger partial charge in [-0.2, -0.15) is 0 Å². The van der Waals surface area contributed by atoms with Crippen molar-refractivity contribution in [2.75, 3.05) is 18.0 Å². The van der Waals surface area contributed by atoms with Gasteiger partial charge in [-0.05, 0) is 54.2 Å². The zero-order valence-corrected chi connectivity index (χ0v) is 11.3. The third-order valence-electron chi connectivity index (χ3n) is 2.93. The first-order chi connectivity index (χ1) is 7.48. The van der Waals surface area contributed by atoms with E-state index in [1.807, 2.05) is 20.0 Å². The molecule has 0 amide bonds. The van der Waals surface area contributed by atoms with Gasteiger partial charge in [-0.1, -0.05) is 0 Å². The van der Waals surface area contributed by atoms with Gasteiger partial charge in [-0.15, -0.1) is 0 Å². The number of nitrogens with zero attached hydrogens (tertiary/aromatic N) is 2. The van der Waals surface area contributed by atoms with E-state index in [0.717, 1.165) is 35.2 Å². The van der Waals surface area contributed by atoms with Gasteiger partial charge in [0.25, 0.3) is 0 Å². The summed E-state index contributed by atoms with van der Waals surface area (Å²) >= 11 is 3.53. The number of rotatable bonds is 1. The molecule has 1 fully saturated rings. The fraction of sp³-hybridized carbons (Fsp3) is 0.583. The molecule has 88 valence electrons. The average Bonchev–Trinajstić information content (AvgIpc) is 2.15. The number of anilines is 1. The predicted molar refractivity (Wildman–Crippen MR) is 68.7 cm³/mol. The molecule has 0 spiro atoms. The van der Waals surface area contributed by atoms with E-state index >= 15 is 0 Å². The summed E-state index contributed by atoms with van der Waals surface area (Å²) in [5, 5.41) is 10.1. The molecule has 0 bridgehead atoms. The van der Waals surface area contributed by atoms with Gasteiger partial charge in [0.15, 0.2) is 0 Å². The summed E-state index contributed by atoms with van der Waals surface area (Å²) < 4.78 is 1.00. The van der Waals surface area contributed by atoms with Crippen molar-refractivity contribution in [2.45, 2.75) is 32.3 Å². The number of hydrogen-bond acceptors (Lipinski definition) is 3. The fourth-order valence-corrected chi connectivity index (χ4v) is 2.87. The van der Waals surface area contributed by atoms with Gasteiger partial charge in [0.05, 0.1) is 10.1 Å². The number of aliphatic hydroxyl groups is 1. The first-order valence-corrected chi connectivity index (χ1v) is 6.37. The predicted octanol–water partition coefficient (Wildman–Crippen LogP) is 2.50. The molecular weight excluding hydrogens is 268 g/mol. The average molecular weight is 285 g/mol. The Morgan fingerprint density at radius 2 is 2.31 bits per heavy atom. The Kier molecular flexibility index (Phi) is 3.22. The van der Waals surface area contributed by atoms with Gasteiger partial charge in [0.2, 0.25) is 0 Å². The molecular formula is C12H17BrN2O. The Labute approximate surface area is 105 Å². The molecule has 1 saturated heterocycles. The van der Waals surface area contributed by atoms with Crippen LogP contribution in [0.5, 0.6) is 0 Å². The van der Waals surface area contributed by atoms with Crippen LogP contribution in [0, 0.1) is 6.92 Å². The number of piperidine rings is 1. The molecule has 2 heterocycles. The van der Waals surface area contributed by atoms with E-state index in [1.165, 1.54) is 0 Å². The molecule has 4 heteroatoms. The summed E-state index contributed by atoms with van der Waals surface area (Å²) in [6.07, 6.45) is 3.74. The number of halogens is 1. The highest BCUT2D eigenvalue weighted by molar-refractivity contribution is 9.10. The fourth-order valence-electron chi connectivity index (χ4n) is 2.16. The van der Waals surface area contributed by atoms with Crippen LogP contribution in [0.3, 0.4) is 0 Å². The van der Waals surface area contributed by atoms with Crippen molar-refractivity contribution in [3.63, 3.8) is 0 Å². The number of aryl methyl sites for hydroxylation is 1. The van der Waals surface area contributed by atoms with Crippen LogP contribution in [0.1, 0.15) is 25.3 Å². The molecule has 16 heavy (non-hydrogen) atoms. The van der Waals surface area contributed by atoms with Crippen molar-refractivity contribution in [3.05, 3.63) is 22.3 Å². The first-order valence-electron chi connectivity index (χ1n) is 5.57. The zero-order chi connectivity index (χ0) is 11.8. The van der Waals surface area contributed by atoms with Crippen molar-refractivity contribution >= 4 is 21.7 Å². The lowest BCUT2D eigenvalue weighted by molar-refractivity contribution is 0.0446. The van der Waals surface area contributed by atoms with E-state index < -0.39 is 5.60 Å². The topological polar surface area (TPSA) is 36.4 Å². The lowest BCUT2D eigenvalue weighted by Gasteiger charge is -2.37. The quantitative estimate of drug-likeness (QED) is 0.861. The van der Waals surface area contributed by atoms with E-state index in [2.05, 4.69) is 31.9 Å². The molecule has 0 aliphatic carbocycles. The van der Waals surface area contributed by atoms with Crippen molar-refractivity contribution in [1.29, 1.82) is 0 Å². The maximum absolute atomic E-state index is 10.1. The van der Waals surface area contributed by atoms with Crippen molar-refractivity contribution in [3.8, 4) is 0 Å². The number of β-amino-alcohol motifs (C(OH)–C–C–N with tert-alkyl or cyclic N) is 1. The first kappa shape index (κ1) is 11.9. The van der Waals surface area contributed by atoms with Crippen LogP contribution in [0.25, 0.3) is 0 Å². The molecule has 1 aromatic rings. The monoisotopic (exact) mass is 284 g/mol. The van der Waals surface area contributed by atoms with E-state index in [1.54, 1.807) is 0 Å². The zero-order valence-electron chi connectivity index (χ0n) is 9.70. The second-order valence-electron chi connectivity index (χ2n) is 4.84. The van der Waals surface area contributed by atoms with E-state index in [-0.39, 0.29) is 0 Å². The van der Waals surface area contributed by atoms with E-state index in [0.29, 0.717) is 6.54 Å². The molecule has 0 saturated carbocycles. The van der Waals surface area contributed by atoms with Gasteiger partial charge >= 0.3 is 0 Å². The van der Waals surface area contributed by atoms with Crippen LogP contribution in [0.4, 0.5) is 5.82 Å². The smallest absolute Gasteiger partial charge is 0.142 e.